The lowest BCUT2D eigenvalue weighted by molar-refractivity contribution is 0.0696. The quantitative estimate of drug-likeness (QED) is 0.855. The first kappa shape index (κ1) is 14.8. The second-order valence-corrected chi connectivity index (χ2v) is 4.68. The van der Waals surface area contributed by atoms with Gasteiger partial charge in [-0.15, -0.1) is 0 Å². The zero-order chi connectivity index (χ0) is 15.2. The number of hydrogen-bond donors (Lipinski definition) is 2. The highest BCUT2D eigenvalue weighted by Crippen LogP contribution is 2.08. The molecule has 0 saturated heterocycles. The number of rotatable bonds is 6. The fourth-order valence-corrected chi connectivity index (χ4v) is 1.92. The Morgan fingerprint density at radius 3 is 2.43 bits per heavy atom. The number of carboxylic acid groups (broad SMARTS) is 1. The van der Waals surface area contributed by atoms with Crippen LogP contribution in [0.3, 0.4) is 0 Å². The van der Waals surface area contributed by atoms with Gasteiger partial charge in [0.2, 0.25) is 0 Å². The summed E-state index contributed by atoms with van der Waals surface area (Å²) in [5.41, 5.74) is 2.38. The summed E-state index contributed by atoms with van der Waals surface area (Å²) < 4.78 is 4.93. The van der Waals surface area contributed by atoms with Gasteiger partial charge in [0, 0.05) is 12.6 Å². The molecule has 0 aliphatic carbocycles. The molecule has 0 spiro atoms. The van der Waals surface area contributed by atoms with Crippen molar-refractivity contribution in [3.8, 4) is 0 Å². The molecule has 2 N–H and O–H groups in total. The van der Waals surface area contributed by atoms with E-state index in [1.54, 1.807) is 0 Å². The number of carbonyl (C=O) groups excluding carboxylic acids is 1. The highest BCUT2D eigenvalue weighted by atomic mass is 16.4. The van der Waals surface area contributed by atoms with Gasteiger partial charge < -0.3 is 14.8 Å². The number of carboxylic acids is 1. The SMILES string of the molecule is CCc1ccc(CCNC(=O)c2cc(C(=O)O)co2)cc1. The third-order valence-electron chi connectivity index (χ3n) is 3.20. The third-order valence-corrected chi connectivity index (χ3v) is 3.20. The first-order chi connectivity index (χ1) is 10.1. The van der Waals surface area contributed by atoms with Crippen molar-refractivity contribution in [3.05, 3.63) is 59.0 Å². The smallest absolute Gasteiger partial charge is 0.338 e. The number of amides is 1. The fraction of sp³-hybridized carbons (Fsp3) is 0.250. The molecule has 0 aliphatic heterocycles. The molecule has 0 saturated carbocycles. The molecule has 0 atom stereocenters. The number of nitrogens with one attached hydrogen (secondary N) is 1. The third kappa shape index (κ3) is 3.95. The zero-order valence-electron chi connectivity index (χ0n) is 11.8. The maximum Gasteiger partial charge on any atom is 0.338 e. The minimum Gasteiger partial charge on any atom is -0.478 e. The Labute approximate surface area is 122 Å². The molecule has 0 aliphatic rings. The van der Waals surface area contributed by atoms with Crippen LogP contribution in [0.25, 0.3) is 0 Å². The molecule has 0 bridgehead atoms. The predicted molar refractivity (Wildman–Crippen MR) is 77.5 cm³/mol. The van der Waals surface area contributed by atoms with Crippen molar-refractivity contribution in [2.75, 3.05) is 6.54 Å². The van der Waals surface area contributed by atoms with Gasteiger partial charge in [-0.25, -0.2) is 4.79 Å². The molecule has 0 radical (unpaired) electrons. The van der Waals surface area contributed by atoms with E-state index in [4.69, 9.17) is 9.52 Å². The molecular formula is C16H17NO4. The highest BCUT2D eigenvalue weighted by Gasteiger charge is 2.13. The van der Waals surface area contributed by atoms with Crippen molar-refractivity contribution in [2.45, 2.75) is 19.8 Å². The van der Waals surface area contributed by atoms with Crippen molar-refractivity contribution in [1.29, 1.82) is 0 Å². The molecule has 0 unspecified atom stereocenters. The van der Waals surface area contributed by atoms with Gasteiger partial charge in [-0.1, -0.05) is 31.2 Å². The minimum absolute atomic E-state index is 0.00808. The predicted octanol–water partition coefficient (Wildman–Crippen LogP) is 2.51. The Kier molecular flexibility index (Phi) is 4.77. The average molecular weight is 287 g/mol. The lowest BCUT2D eigenvalue weighted by atomic mass is 10.1. The summed E-state index contributed by atoms with van der Waals surface area (Å²) in [6.45, 7) is 2.57. The number of benzene rings is 1. The molecule has 2 rings (SSSR count). The lowest BCUT2D eigenvalue weighted by Crippen LogP contribution is -2.25. The summed E-state index contributed by atoms with van der Waals surface area (Å²) >= 11 is 0. The van der Waals surface area contributed by atoms with E-state index in [2.05, 4.69) is 24.4 Å². The Balaban J connectivity index is 1.84. The van der Waals surface area contributed by atoms with E-state index in [0.29, 0.717) is 13.0 Å². The van der Waals surface area contributed by atoms with Crippen LogP contribution < -0.4 is 5.32 Å². The monoisotopic (exact) mass is 287 g/mol. The molecule has 1 aromatic carbocycles. The second kappa shape index (κ2) is 6.74. The van der Waals surface area contributed by atoms with Crippen LogP contribution in [0.5, 0.6) is 0 Å². The molecular weight excluding hydrogens is 270 g/mol. The summed E-state index contributed by atoms with van der Waals surface area (Å²) in [4.78, 5) is 22.5. The van der Waals surface area contributed by atoms with E-state index < -0.39 is 11.9 Å². The van der Waals surface area contributed by atoms with Crippen LogP contribution in [0.2, 0.25) is 0 Å². The maximum atomic E-state index is 11.8. The Morgan fingerprint density at radius 1 is 1.19 bits per heavy atom. The van der Waals surface area contributed by atoms with E-state index in [1.165, 1.54) is 11.6 Å². The molecule has 5 heteroatoms. The largest absolute Gasteiger partial charge is 0.478 e. The van der Waals surface area contributed by atoms with Gasteiger partial charge in [-0.3, -0.25) is 4.79 Å². The van der Waals surface area contributed by atoms with Crippen molar-refractivity contribution >= 4 is 11.9 Å². The maximum absolute atomic E-state index is 11.8. The molecule has 110 valence electrons. The topological polar surface area (TPSA) is 79.5 Å². The molecule has 0 fully saturated rings. The molecule has 2 aromatic rings. The first-order valence-electron chi connectivity index (χ1n) is 6.78. The number of aromatic carboxylic acids is 1. The van der Waals surface area contributed by atoms with Crippen molar-refractivity contribution < 1.29 is 19.1 Å². The summed E-state index contributed by atoms with van der Waals surface area (Å²) in [5.74, 6) is -1.52. The fourth-order valence-electron chi connectivity index (χ4n) is 1.92. The van der Waals surface area contributed by atoms with Crippen LogP contribution in [-0.2, 0) is 12.8 Å². The van der Waals surface area contributed by atoms with Gasteiger partial charge in [-0.05, 0) is 24.0 Å². The molecule has 5 nitrogen and oxygen atoms in total. The van der Waals surface area contributed by atoms with Gasteiger partial charge in [0.1, 0.15) is 6.26 Å². The van der Waals surface area contributed by atoms with Gasteiger partial charge in [-0.2, -0.15) is 0 Å². The standard InChI is InChI=1S/C16H17NO4/c1-2-11-3-5-12(6-4-11)7-8-17-15(18)14-9-13(10-21-14)16(19)20/h3-6,9-10H,2,7-8H2,1H3,(H,17,18)(H,19,20). The molecule has 1 heterocycles. The van der Waals surface area contributed by atoms with Crippen LogP contribution in [0, 0.1) is 0 Å². The van der Waals surface area contributed by atoms with Crippen molar-refractivity contribution in [3.63, 3.8) is 0 Å². The zero-order valence-corrected chi connectivity index (χ0v) is 11.8. The van der Waals surface area contributed by atoms with Crippen LogP contribution in [0.1, 0.15) is 39.0 Å². The number of furan rings is 1. The molecule has 21 heavy (non-hydrogen) atoms. The Morgan fingerprint density at radius 2 is 1.86 bits per heavy atom. The number of carbonyl (C=O) groups is 2. The normalized spacial score (nSPS) is 10.3. The van der Waals surface area contributed by atoms with E-state index in [0.717, 1.165) is 18.2 Å². The highest BCUT2D eigenvalue weighted by molar-refractivity contribution is 5.95. The van der Waals surface area contributed by atoms with Gasteiger partial charge in [0.05, 0.1) is 5.56 Å². The summed E-state index contributed by atoms with van der Waals surface area (Å²) in [6, 6.07) is 9.44. The van der Waals surface area contributed by atoms with Gasteiger partial charge in [0.25, 0.3) is 5.91 Å². The van der Waals surface area contributed by atoms with Crippen molar-refractivity contribution in [2.24, 2.45) is 0 Å². The Bertz CT molecular complexity index is 628. The van der Waals surface area contributed by atoms with E-state index in [-0.39, 0.29) is 11.3 Å². The number of aryl methyl sites for hydroxylation is 1. The molecule has 1 aromatic heterocycles. The lowest BCUT2D eigenvalue weighted by Gasteiger charge is -2.04. The van der Waals surface area contributed by atoms with Crippen LogP contribution in [0.15, 0.2) is 41.0 Å². The van der Waals surface area contributed by atoms with E-state index in [9.17, 15) is 9.59 Å². The van der Waals surface area contributed by atoms with Crippen LogP contribution >= 0.6 is 0 Å². The minimum atomic E-state index is -1.12. The summed E-state index contributed by atoms with van der Waals surface area (Å²) in [7, 11) is 0. The summed E-state index contributed by atoms with van der Waals surface area (Å²) in [5, 5.41) is 11.5. The second-order valence-electron chi connectivity index (χ2n) is 4.68. The van der Waals surface area contributed by atoms with E-state index >= 15 is 0 Å². The van der Waals surface area contributed by atoms with Crippen LogP contribution in [-0.4, -0.2) is 23.5 Å². The van der Waals surface area contributed by atoms with Gasteiger partial charge in [0.15, 0.2) is 5.76 Å². The van der Waals surface area contributed by atoms with Gasteiger partial charge >= 0.3 is 5.97 Å². The van der Waals surface area contributed by atoms with Crippen LogP contribution in [0.4, 0.5) is 0 Å². The molecule has 1 amide bonds. The van der Waals surface area contributed by atoms with E-state index in [1.807, 2.05) is 12.1 Å². The van der Waals surface area contributed by atoms with Crippen molar-refractivity contribution in [1.82, 2.24) is 5.32 Å². The first-order valence-corrected chi connectivity index (χ1v) is 6.78. The summed E-state index contributed by atoms with van der Waals surface area (Å²) in [6.07, 6.45) is 2.77. The number of hydrogen-bond acceptors (Lipinski definition) is 3. The average Bonchev–Trinajstić information content (AvgIpc) is 2.98. The Hall–Kier alpha value is -2.56.